The number of aromatic nitrogens is 5. The van der Waals surface area contributed by atoms with Crippen LogP contribution in [-0.4, -0.2) is 31.5 Å². The van der Waals surface area contributed by atoms with Crippen molar-refractivity contribution in [3.05, 3.63) is 65.2 Å². The quantitative estimate of drug-likeness (QED) is 0.579. The van der Waals surface area contributed by atoms with Gasteiger partial charge in [0.2, 0.25) is 0 Å². The molecule has 1 saturated heterocycles. The molecule has 1 atom stereocenters. The summed E-state index contributed by atoms with van der Waals surface area (Å²) in [5.41, 5.74) is 4.99. The molecule has 27 heavy (non-hydrogen) atoms. The Bertz CT molecular complexity index is 1100. The fourth-order valence-electron chi connectivity index (χ4n) is 3.79. The molecule has 4 aromatic rings. The number of nitrogens with zero attached hydrogens (tertiary/aromatic N) is 5. The highest BCUT2D eigenvalue weighted by molar-refractivity contribution is 6.31. The third kappa shape index (κ3) is 2.86. The molecule has 1 radical (unpaired) electrons. The van der Waals surface area contributed by atoms with Crippen LogP contribution in [0.25, 0.3) is 16.7 Å². The fraction of sp³-hybridized carbons (Fsp3) is 0.250. The molecule has 2 aromatic carbocycles. The normalized spacial score (nSPS) is 17.1. The third-order valence-corrected chi connectivity index (χ3v) is 5.24. The second-order valence-electron chi connectivity index (χ2n) is 6.86. The molecule has 7 heteroatoms. The van der Waals surface area contributed by atoms with Crippen molar-refractivity contribution in [2.45, 2.75) is 25.8 Å². The molecule has 0 spiro atoms. The molecule has 2 aromatic heterocycles. The Morgan fingerprint density at radius 2 is 2.07 bits per heavy atom. The number of fused-ring (bicyclic) bond motifs is 1. The summed E-state index contributed by atoms with van der Waals surface area (Å²) in [6.45, 7) is 3.03. The molecular formula is C20H18ClN6. The number of hydrogen-bond acceptors (Lipinski definition) is 4. The molecule has 1 aliphatic heterocycles. The minimum absolute atomic E-state index is 0.167. The summed E-state index contributed by atoms with van der Waals surface area (Å²) in [6, 6.07) is 13.4. The highest BCUT2D eigenvalue weighted by Crippen LogP contribution is 2.38. The van der Waals surface area contributed by atoms with Crippen LogP contribution in [0.2, 0.25) is 5.02 Å². The lowest BCUT2D eigenvalue weighted by molar-refractivity contribution is 0.670. The van der Waals surface area contributed by atoms with Crippen molar-refractivity contribution in [1.29, 1.82) is 0 Å². The first kappa shape index (κ1) is 16.3. The number of aryl methyl sites for hydroxylation is 1. The van der Waals surface area contributed by atoms with Gasteiger partial charge in [-0.2, -0.15) is 10.2 Å². The Kier molecular flexibility index (Phi) is 3.86. The van der Waals surface area contributed by atoms with Crippen molar-refractivity contribution >= 4 is 28.3 Å². The lowest BCUT2D eigenvalue weighted by atomic mass is 10.1. The molecule has 3 heterocycles. The van der Waals surface area contributed by atoms with Crippen LogP contribution in [0.15, 0.2) is 42.7 Å². The summed E-state index contributed by atoms with van der Waals surface area (Å²) in [4.78, 5) is 12.3. The van der Waals surface area contributed by atoms with Crippen LogP contribution in [0.1, 0.15) is 30.3 Å². The maximum atomic E-state index is 6.12. The molecule has 1 fully saturated rings. The van der Waals surface area contributed by atoms with E-state index in [1.165, 1.54) is 0 Å². The summed E-state index contributed by atoms with van der Waals surface area (Å²) in [5.74, 6) is 0.964. The van der Waals surface area contributed by atoms with Crippen LogP contribution in [0.3, 0.4) is 0 Å². The summed E-state index contributed by atoms with van der Waals surface area (Å²) >= 11 is 6.12. The fourth-order valence-corrected chi connectivity index (χ4v) is 3.95. The predicted octanol–water partition coefficient (Wildman–Crippen LogP) is 4.25. The lowest BCUT2D eigenvalue weighted by Crippen LogP contribution is -2.25. The molecule has 0 saturated carbocycles. The Hall–Kier alpha value is -2.86. The van der Waals surface area contributed by atoms with Crippen LogP contribution in [0.4, 0.5) is 5.69 Å². The molecule has 0 amide bonds. The van der Waals surface area contributed by atoms with Crippen molar-refractivity contribution in [3.8, 4) is 5.69 Å². The van der Waals surface area contributed by atoms with E-state index in [2.05, 4.69) is 39.1 Å². The number of benzene rings is 2. The van der Waals surface area contributed by atoms with Crippen molar-refractivity contribution in [2.75, 3.05) is 11.4 Å². The summed E-state index contributed by atoms with van der Waals surface area (Å²) in [7, 11) is 0. The number of imidazole rings is 1. The van der Waals surface area contributed by atoms with Gasteiger partial charge >= 0.3 is 0 Å². The van der Waals surface area contributed by atoms with E-state index >= 15 is 0 Å². The zero-order chi connectivity index (χ0) is 18.4. The maximum Gasteiger partial charge on any atom is 0.130 e. The average Bonchev–Trinajstić information content (AvgIpc) is 3.40. The van der Waals surface area contributed by atoms with E-state index in [-0.39, 0.29) is 6.04 Å². The second-order valence-corrected chi connectivity index (χ2v) is 7.30. The molecule has 5 rings (SSSR count). The summed E-state index contributed by atoms with van der Waals surface area (Å²) in [5, 5.41) is 9.30. The number of aromatic amines is 1. The number of rotatable bonds is 3. The van der Waals surface area contributed by atoms with E-state index in [4.69, 9.17) is 16.6 Å². The standard InChI is InChI=1S/C20H18ClN6/c1-13-4-7-17(27-22-8-9-23-27)19(11-13)26-10-2-3-18(26)20-24-15-6-5-14(21)12-16(15)25-20/h4-6,8-9,11-12,18H,2-3,10H2,1H3,(H,24,25)/t18-/m0/s1. The minimum atomic E-state index is 0.167. The number of hydrogen-bond donors (Lipinski definition) is 1. The Labute approximate surface area is 161 Å². The monoisotopic (exact) mass is 377 g/mol. The number of H-pyrrole nitrogens is 1. The Morgan fingerprint density at radius 1 is 1.22 bits per heavy atom. The molecule has 135 valence electrons. The van der Waals surface area contributed by atoms with E-state index in [9.17, 15) is 0 Å². The van der Waals surface area contributed by atoms with E-state index in [0.717, 1.165) is 53.2 Å². The van der Waals surface area contributed by atoms with Crippen LogP contribution in [0, 0.1) is 13.0 Å². The average molecular weight is 378 g/mol. The van der Waals surface area contributed by atoms with Gasteiger partial charge in [-0.25, -0.2) is 4.98 Å². The predicted molar refractivity (Wildman–Crippen MR) is 105 cm³/mol. The van der Waals surface area contributed by atoms with Crippen LogP contribution in [0.5, 0.6) is 0 Å². The highest BCUT2D eigenvalue weighted by atomic mass is 35.5. The number of anilines is 1. The SMILES string of the molecule is Cc1c[c]c(-n2nccn2)c(N2CCC[C@H]2c2nc3cc(Cl)ccc3[nH]2)c1. The van der Waals surface area contributed by atoms with Crippen LogP contribution < -0.4 is 4.90 Å². The van der Waals surface area contributed by atoms with Gasteiger partial charge in [0.25, 0.3) is 0 Å². The lowest BCUT2D eigenvalue weighted by Gasteiger charge is -2.27. The van der Waals surface area contributed by atoms with Crippen LogP contribution in [-0.2, 0) is 0 Å². The zero-order valence-corrected chi connectivity index (χ0v) is 15.6. The molecular weight excluding hydrogens is 360 g/mol. The number of nitrogens with one attached hydrogen (secondary N) is 1. The summed E-state index contributed by atoms with van der Waals surface area (Å²) < 4.78 is 0. The largest absolute Gasteiger partial charge is 0.360 e. The van der Waals surface area contributed by atoms with Crippen molar-refractivity contribution < 1.29 is 0 Å². The third-order valence-electron chi connectivity index (χ3n) is 5.00. The van der Waals surface area contributed by atoms with Gasteiger partial charge in [-0.15, -0.1) is 4.80 Å². The molecule has 1 aliphatic rings. The minimum Gasteiger partial charge on any atom is -0.360 e. The topological polar surface area (TPSA) is 62.6 Å². The first-order valence-electron chi connectivity index (χ1n) is 9.00. The van der Waals surface area contributed by atoms with Gasteiger partial charge in [0.1, 0.15) is 11.5 Å². The first-order chi connectivity index (χ1) is 13.2. The van der Waals surface area contributed by atoms with E-state index in [1.807, 2.05) is 24.3 Å². The maximum absolute atomic E-state index is 6.12. The Morgan fingerprint density at radius 3 is 2.93 bits per heavy atom. The van der Waals surface area contributed by atoms with Gasteiger partial charge in [0, 0.05) is 17.6 Å². The number of halogens is 1. The van der Waals surface area contributed by atoms with Crippen molar-refractivity contribution in [1.82, 2.24) is 25.0 Å². The van der Waals surface area contributed by atoms with E-state index in [1.54, 1.807) is 17.2 Å². The molecule has 6 nitrogen and oxygen atoms in total. The first-order valence-corrected chi connectivity index (χ1v) is 9.38. The van der Waals surface area contributed by atoms with Crippen molar-refractivity contribution in [2.24, 2.45) is 0 Å². The van der Waals surface area contributed by atoms with Crippen LogP contribution >= 0.6 is 11.6 Å². The highest BCUT2D eigenvalue weighted by Gasteiger charge is 2.31. The molecule has 0 aliphatic carbocycles. The van der Waals surface area contributed by atoms with E-state index < -0.39 is 0 Å². The molecule has 0 bridgehead atoms. The second kappa shape index (κ2) is 6.39. The molecule has 0 unspecified atom stereocenters. The van der Waals surface area contributed by atoms with Gasteiger partial charge in [-0.05, 0) is 55.7 Å². The zero-order valence-electron chi connectivity index (χ0n) is 14.9. The van der Waals surface area contributed by atoms with Gasteiger partial charge in [-0.1, -0.05) is 11.6 Å². The summed E-state index contributed by atoms with van der Waals surface area (Å²) in [6.07, 6.45) is 5.50. The van der Waals surface area contributed by atoms with E-state index in [0.29, 0.717) is 5.02 Å². The van der Waals surface area contributed by atoms with Gasteiger partial charge in [0.05, 0.1) is 35.2 Å². The smallest absolute Gasteiger partial charge is 0.130 e. The Balaban J connectivity index is 1.59. The van der Waals surface area contributed by atoms with Gasteiger partial charge in [-0.3, -0.25) is 0 Å². The van der Waals surface area contributed by atoms with Gasteiger partial charge in [0.15, 0.2) is 0 Å². The van der Waals surface area contributed by atoms with Gasteiger partial charge < -0.3 is 9.88 Å². The molecule has 1 N–H and O–H groups in total. The van der Waals surface area contributed by atoms with Crippen molar-refractivity contribution in [3.63, 3.8) is 0 Å².